The van der Waals surface area contributed by atoms with Gasteiger partial charge in [0.05, 0.1) is 11.8 Å². The fourth-order valence-electron chi connectivity index (χ4n) is 1.79. The molecule has 0 aromatic heterocycles. The van der Waals surface area contributed by atoms with Crippen LogP contribution in [0, 0.1) is 26.1 Å². The van der Waals surface area contributed by atoms with E-state index in [4.69, 9.17) is 0 Å². The van der Waals surface area contributed by atoms with Crippen LogP contribution in [0.25, 0.3) is 0 Å². The van der Waals surface area contributed by atoms with E-state index in [1.54, 1.807) is 0 Å². The predicted octanol–water partition coefficient (Wildman–Crippen LogP) is 1.62. The van der Waals surface area contributed by atoms with Gasteiger partial charge in [0.15, 0.2) is 0 Å². The number of rotatable bonds is 2. The topological polar surface area (TPSA) is 52.6 Å². The number of allylic oxidation sites excluding steroid dienone is 2. The number of carbonyl (C=O) groups is 2. The summed E-state index contributed by atoms with van der Waals surface area (Å²) in [6.45, 7) is 1.91. The second kappa shape index (κ2) is 9.77. The average molecular weight is 388 g/mol. The van der Waals surface area contributed by atoms with Gasteiger partial charge in [-0.2, -0.15) is 14.2 Å². The standard InChI is InChI=1S/C11H14O4.2Y/c1-7-4-5-8(10(12)14-2)9(6-7)11(13)15-3;;/h4,8-9H,2-3,5-6H2,1H3;;/q-2;;. The zero-order valence-electron chi connectivity index (χ0n) is 9.85. The molecule has 1 aliphatic rings. The van der Waals surface area contributed by atoms with E-state index in [-0.39, 0.29) is 65.4 Å². The Labute approximate surface area is 152 Å². The first-order valence-electron chi connectivity index (χ1n) is 4.67. The zero-order valence-corrected chi connectivity index (χ0v) is 15.5. The maximum atomic E-state index is 11.4. The van der Waals surface area contributed by atoms with Crippen molar-refractivity contribution in [1.29, 1.82) is 0 Å². The summed E-state index contributed by atoms with van der Waals surface area (Å²) in [6, 6.07) is 0. The van der Waals surface area contributed by atoms with Crippen molar-refractivity contribution >= 4 is 11.9 Å². The van der Waals surface area contributed by atoms with Gasteiger partial charge in [0, 0.05) is 65.4 Å². The summed E-state index contributed by atoms with van der Waals surface area (Å²) in [5, 5.41) is 0. The van der Waals surface area contributed by atoms with Crippen LogP contribution in [-0.2, 0) is 84.5 Å². The molecule has 0 N–H and O–H groups in total. The minimum atomic E-state index is -0.500. The first-order valence-corrected chi connectivity index (χ1v) is 4.67. The number of esters is 2. The van der Waals surface area contributed by atoms with E-state index in [1.165, 1.54) is 0 Å². The van der Waals surface area contributed by atoms with Gasteiger partial charge in [-0.25, -0.2) is 0 Å². The van der Waals surface area contributed by atoms with Crippen LogP contribution in [0.3, 0.4) is 0 Å². The van der Waals surface area contributed by atoms with Gasteiger partial charge < -0.3 is 9.47 Å². The van der Waals surface area contributed by atoms with Crippen molar-refractivity contribution < 1.29 is 84.5 Å². The van der Waals surface area contributed by atoms with Gasteiger partial charge in [-0.05, 0) is 19.8 Å². The minimum Gasteiger partial charge on any atom is -0.640 e. The van der Waals surface area contributed by atoms with Crippen LogP contribution in [0.2, 0.25) is 0 Å². The van der Waals surface area contributed by atoms with Gasteiger partial charge in [-0.15, -0.1) is 0 Å². The summed E-state index contributed by atoms with van der Waals surface area (Å²) in [5.41, 5.74) is 1.07. The Morgan fingerprint density at radius 3 is 2.12 bits per heavy atom. The molecule has 17 heavy (non-hydrogen) atoms. The Hall–Kier alpha value is 0.888. The third kappa shape index (κ3) is 5.59. The second-order valence-electron chi connectivity index (χ2n) is 3.63. The van der Waals surface area contributed by atoms with Crippen molar-refractivity contribution in [3.8, 4) is 0 Å². The van der Waals surface area contributed by atoms with Crippen molar-refractivity contribution in [1.82, 2.24) is 0 Å². The molecule has 2 unspecified atom stereocenters. The van der Waals surface area contributed by atoms with E-state index < -0.39 is 23.8 Å². The minimum absolute atomic E-state index is 0. The zero-order chi connectivity index (χ0) is 11.4. The SMILES string of the molecule is [CH2-]OC(=O)C1CC=C(C)CC1C(=O)O[CH2-].[Y].[Y]. The monoisotopic (exact) mass is 388 g/mol. The van der Waals surface area contributed by atoms with E-state index in [1.807, 2.05) is 13.0 Å². The number of hydrogen-bond donors (Lipinski definition) is 0. The van der Waals surface area contributed by atoms with Crippen LogP contribution < -0.4 is 0 Å². The molecule has 6 heteroatoms. The molecule has 0 aromatic rings. The molecule has 90 valence electrons. The third-order valence-electron chi connectivity index (χ3n) is 2.64. The molecule has 0 fully saturated rings. The third-order valence-corrected chi connectivity index (χ3v) is 2.64. The summed E-state index contributed by atoms with van der Waals surface area (Å²) in [4.78, 5) is 22.8. The maximum Gasteiger partial charge on any atom is 0.278 e. The van der Waals surface area contributed by atoms with Gasteiger partial charge in [-0.3, -0.25) is 9.59 Å². The van der Waals surface area contributed by atoms with Crippen molar-refractivity contribution in [2.75, 3.05) is 0 Å². The Kier molecular flexibility index (Phi) is 11.6. The van der Waals surface area contributed by atoms with Crippen LogP contribution >= 0.6 is 0 Å². The van der Waals surface area contributed by atoms with Crippen LogP contribution in [0.1, 0.15) is 19.8 Å². The summed E-state index contributed by atoms with van der Waals surface area (Å²) in [7, 11) is 6.13. The molecule has 4 nitrogen and oxygen atoms in total. The average Bonchev–Trinajstić information content (AvgIpc) is 2.26. The smallest absolute Gasteiger partial charge is 0.278 e. The molecule has 0 amide bonds. The number of ether oxygens (including phenoxy) is 2. The molecule has 2 atom stereocenters. The quantitative estimate of drug-likeness (QED) is 0.410. The number of hydrogen-bond acceptors (Lipinski definition) is 4. The van der Waals surface area contributed by atoms with Gasteiger partial charge in [-0.1, -0.05) is 11.6 Å². The van der Waals surface area contributed by atoms with Gasteiger partial charge in [0.2, 0.25) is 0 Å². The Bertz CT molecular complexity index is 302. The molecule has 0 aliphatic heterocycles. The van der Waals surface area contributed by atoms with E-state index in [2.05, 4.69) is 23.7 Å². The molecule has 1 rings (SSSR count). The van der Waals surface area contributed by atoms with Crippen LogP contribution in [0.4, 0.5) is 0 Å². The molecule has 0 saturated carbocycles. The fraction of sp³-hybridized carbons (Fsp3) is 0.455. The van der Waals surface area contributed by atoms with Crippen LogP contribution in [0.5, 0.6) is 0 Å². The Balaban J connectivity index is 0. The molecular formula is C11H14O4Y2-2. The van der Waals surface area contributed by atoms with Gasteiger partial charge >= 0.3 is 0 Å². The van der Waals surface area contributed by atoms with Crippen LogP contribution in [0.15, 0.2) is 11.6 Å². The maximum absolute atomic E-state index is 11.4. The Morgan fingerprint density at radius 1 is 1.18 bits per heavy atom. The van der Waals surface area contributed by atoms with Crippen molar-refractivity contribution in [2.24, 2.45) is 11.8 Å². The summed E-state index contributed by atoms with van der Waals surface area (Å²) >= 11 is 0. The first-order chi connectivity index (χ1) is 7.10. The number of carbonyl (C=O) groups excluding carboxylic acids is 2. The summed E-state index contributed by atoms with van der Waals surface area (Å²) < 4.78 is 8.82. The summed E-state index contributed by atoms with van der Waals surface area (Å²) in [6.07, 6.45) is 2.92. The van der Waals surface area contributed by atoms with E-state index in [0.717, 1.165) is 5.57 Å². The van der Waals surface area contributed by atoms with E-state index in [0.29, 0.717) is 12.8 Å². The van der Waals surface area contributed by atoms with E-state index in [9.17, 15) is 9.59 Å². The largest absolute Gasteiger partial charge is 0.640 e. The van der Waals surface area contributed by atoms with Crippen molar-refractivity contribution in [2.45, 2.75) is 19.8 Å². The van der Waals surface area contributed by atoms with Gasteiger partial charge in [0.1, 0.15) is 0 Å². The van der Waals surface area contributed by atoms with Crippen molar-refractivity contribution in [3.05, 3.63) is 25.9 Å². The van der Waals surface area contributed by atoms with Crippen molar-refractivity contribution in [3.63, 3.8) is 0 Å². The molecule has 0 heterocycles. The summed E-state index contributed by atoms with van der Waals surface area (Å²) in [5.74, 6) is -1.95. The first kappa shape index (κ1) is 20.2. The molecule has 2 radical (unpaired) electrons. The molecule has 0 bridgehead atoms. The Morgan fingerprint density at radius 2 is 1.65 bits per heavy atom. The second-order valence-corrected chi connectivity index (χ2v) is 3.63. The molecular weight excluding hydrogens is 374 g/mol. The molecule has 0 spiro atoms. The molecule has 1 aliphatic carbocycles. The molecule has 0 saturated heterocycles. The normalized spacial score (nSPS) is 22.4. The molecule has 0 aromatic carbocycles. The van der Waals surface area contributed by atoms with E-state index >= 15 is 0 Å². The fourth-order valence-corrected chi connectivity index (χ4v) is 1.79. The predicted molar refractivity (Wildman–Crippen MR) is 52.9 cm³/mol. The van der Waals surface area contributed by atoms with Gasteiger partial charge in [0.25, 0.3) is 11.9 Å². The van der Waals surface area contributed by atoms with Crippen LogP contribution in [-0.4, -0.2) is 11.9 Å².